The first-order valence-electron chi connectivity index (χ1n) is 12.2. The number of anilines is 3. The molecular weight excluding hydrogens is 484 g/mol. The topological polar surface area (TPSA) is 126 Å². The maximum absolute atomic E-state index is 11.1. The first-order chi connectivity index (χ1) is 17.6. The second-order valence-electron chi connectivity index (χ2n) is 8.85. The highest BCUT2D eigenvalue weighted by molar-refractivity contribution is 6.33. The van der Waals surface area contributed by atoms with Gasteiger partial charge in [-0.15, -0.1) is 0 Å². The van der Waals surface area contributed by atoms with Gasteiger partial charge in [0.25, 0.3) is 5.69 Å². The Morgan fingerprint density at radius 1 is 0.944 bits per heavy atom. The molecule has 0 saturated carbocycles. The molecule has 2 aromatic heterocycles. The number of nitrogens with one attached hydrogen (secondary N) is 1. The summed E-state index contributed by atoms with van der Waals surface area (Å²) in [5, 5.41) is 15.7. The molecule has 0 unspecified atom stereocenters. The number of hydrogen-bond acceptors (Lipinski definition) is 10. The normalized spacial score (nSPS) is 16.5. The van der Waals surface area contributed by atoms with Crippen molar-refractivity contribution in [2.24, 2.45) is 5.10 Å². The van der Waals surface area contributed by atoms with Gasteiger partial charge in [0.15, 0.2) is 0 Å². The van der Waals surface area contributed by atoms with E-state index in [1.165, 1.54) is 37.3 Å². The van der Waals surface area contributed by atoms with Crippen LogP contribution in [0.4, 0.5) is 23.5 Å². The maximum atomic E-state index is 11.1. The van der Waals surface area contributed by atoms with Gasteiger partial charge >= 0.3 is 0 Å². The summed E-state index contributed by atoms with van der Waals surface area (Å²) in [6, 6.07) is 7.62. The van der Waals surface area contributed by atoms with Gasteiger partial charge in [-0.25, -0.2) is 5.43 Å². The molecule has 1 N–H and O–H groups in total. The molecule has 0 amide bonds. The van der Waals surface area contributed by atoms with Gasteiger partial charge in [-0.1, -0.05) is 11.6 Å². The quantitative estimate of drug-likeness (QED) is 0.262. The summed E-state index contributed by atoms with van der Waals surface area (Å²) in [5.41, 5.74) is 3.29. The summed E-state index contributed by atoms with van der Waals surface area (Å²) in [7, 11) is 0. The number of hydrazone groups is 1. The van der Waals surface area contributed by atoms with Crippen LogP contribution in [0.5, 0.6) is 0 Å². The molecule has 0 atom stereocenters. The van der Waals surface area contributed by atoms with Crippen molar-refractivity contribution in [3.05, 3.63) is 51.2 Å². The van der Waals surface area contributed by atoms with E-state index in [0.717, 1.165) is 51.9 Å². The second kappa shape index (κ2) is 10.9. The number of piperidine rings is 2. The molecule has 12 heteroatoms. The maximum Gasteiger partial charge on any atom is 0.270 e. The van der Waals surface area contributed by atoms with E-state index >= 15 is 0 Å². The van der Waals surface area contributed by atoms with E-state index in [1.807, 2.05) is 0 Å². The van der Waals surface area contributed by atoms with E-state index in [4.69, 9.17) is 21.0 Å². The van der Waals surface area contributed by atoms with E-state index in [2.05, 4.69) is 30.3 Å². The summed E-state index contributed by atoms with van der Waals surface area (Å²) in [5.74, 6) is 2.56. The summed E-state index contributed by atoms with van der Waals surface area (Å²) >= 11 is 6.23. The minimum Gasteiger partial charge on any atom is -0.455 e. The van der Waals surface area contributed by atoms with Crippen LogP contribution < -0.4 is 15.2 Å². The standard InChI is InChI=1S/C24H27ClN8O3/c25-20-9-7-17(33(34)35)15-19(20)21-10-8-18(36-21)16-26-30-22-27-23(31-11-3-1-4-12-31)29-24(28-22)32-13-5-2-6-14-32/h7-10,15-16H,1-6,11-14H2,(H,27,28,29,30)/b26-16-. The van der Waals surface area contributed by atoms with Crippen LogP contribution >= 0.6 is 11.6 Å². The molecule has 188 valence electrons. The van der Waals surface area contributed by atoms with Crippen molar-refractivity contribution in [3.8, 4) is 11.3 Å². The lowest BCUT2D eigenvalue weighted by atomic mass is 10.1. The lowest BCUT2D eigenvalue weighted by Crippen LogP contribution is -2.34. The Morgan fingerprint density at radius 3 is 2.19 bits per heavy atom. The van der Waals surface area contributed by atoms with Crippen molar-refractivity contribution < 1.29 is 9.34 Å². The number of nitrogens with zero attached hydrogens (tertiary/aromatic N) is 7. The molecule has 0 spiro atoms. The number of benzene rings is 1. The minimum atomic E-state index is -0.472. The highest BCUT2D eigenvalue weighted by Gasteiger charge is 2.20. The number of halogens is 1. The fraction of sp³-hybridized carbons (Fsp3) is 0.417. The van der Waals surface area contributed by atoms with Gasteiger partial charge in [0.1, 0.15) is 11.5 Å². The third-order valence-corrected chi connectivity index (χ3v) is 6.63. The van der Waals surface area contributed by atoms with Crippen LogP contribution in [0.25, 0.3) is 11.3 Å². The first kappa shape index (κ1) is 24.0. The zero-order valence-electron chi connectivity index (χ0n) is 19.8. The van der Waals surface area contributed by atoms with E-state index in [0.29, 0.717) is 40.0 Å². The molecule has 0 bridgehead atoms. The van der Waals surface area contributed by atoms with Crippen molar-refractivity contribution in [2.75, 3.05) is 41.4 Å². The van der Waals surface area contributed by atoms with Crippen molar-refractivity contribution in [2.45, 2.75) is 38.5 Å². The molecule has 2 aliphatic heterocycles. The number of hydrogen-bond donors (Lipinski definition) is 1. The fourth-order valence-electron chi connectivity index (χ4n) is 4.41. The van der Waals surface area contributed by atoms with Crippen LogP contribution in [0.1, 0.15) is 44.3 Å². The number of non-ortho nitro benzene ring substituents is 1. The number of furan rings is 1. The highest BCUT2D eigenvalue weighted by Crippen LogP contribution is 2.32. The Labute approximate surface area is 213 Å². The Kier molecular flexibility index (Phi) is 7.26. The predicted octanol–water partition coefficient (Wildman–Crippen LogP) is 5.12. The molecule has 2 saturated heterocycles. The van der Waals surface area contributed by atoms with Crippen LogP contribution in [0.3, 0.4) is 0 Å². The number of nitro benzene ring substituents is 1. The second-order valence-corrected chi connectivity index (χ2v) is 9.25. The van der Waals surface area contributed by atoms with Gasteiger partial charge in [0.2, 0.25) is 17.8 Å². The SMILES string of the molecule is O=[N+]([O-])c1ccc(Cl)c(-c2ccc(/C=N\Nc3nc(N4CCCCC4)nc(N4CCCCC4)n3)o2)c1. The Balaban J connectivity index is 1.34. The summed E-state index contributed by atoms with van der Waals surface area (Å²) in [4.78, 5) is 29.0. The van der Waals surface area contributed by atoms with Crippen LogP contribution in [-0.2, 0) is 0 Å². The molecular formula is C24H27ClN8O3. The van der Waals surface area contributed by atoms with Crippen molar-refractivity contribution in [3.63, 3.8) is 0 Å². The van der Waals surface area contributed by atoms with E-state index in [-0.39, 0.29) is 5.69 Å². The van der Waals surface area contributed by atoms with Gasteiger partial charge in [0.05, 0.1) is 16.2 Å². The Bertz CT molecular complexity index is 1220. The average Bonchev–Trinajstić information content (AvgIpc) is 3.38. The average molecular weight is 511 g/mol. The van der Waals surface area contributed by atoms with E-state index in [1.54, 1.807) is 12.1 Å². The molecule has 0 aliphatic carbocycles. The van der Waals surface area contributed by atoms with Crippen LogP contribution in [-0.4, -0.2) is 52.3 Å². The molecule has 36 heavy (non-hydrogen) atoms. The number of aromatic nitrogens is 3. The van der Waals surface area contributed by atoms with Crippen LogP contribution in [0.2, 0.25) is 5.02 Å². The summed E-state index contributed by atoms with van der Waals surface area (Å²) in [6.07, 6.45) is 8.45. The molecule has 4 heterocycles. The first-order valence-corrected chi connectivity index (χ1v) is 12.5. The molecule has 1 aromatic carbocycles. The van der Waals surface area contributed by atoms with Crippen LogP contribution in [0, 0.1) is 10.1 Å². The minimum absolute atomic E-state index is 0.0634. The van der Waals surface area contributed by atoms with Gasteiger partial charge in [-0.3, -0.25) is 10.1 Å². The van der Waals surface area contributed by atoms with Gasteiger partial charge < -0.3 is 14.2 Å². The lowest BCUT2D eigenvalue weighted by molar-refractivity contribution is -0.384. The molecule has 2 aliphatic rings. The van der Waals surface area contributed by atoms with E-state index < -0.39 is 4.92 Å². The largest absolute Gasteiger partial charge is 0.455 e. The zero-order valence-corrected chi connectivity index (χ0v) is 20.5. The van der Waals surface area contributed by atoms with Crippen molar-refractivity contribution in [1.29, 1.82) is 0 Å². The van der Waals surface area contributed by atoms with Crippen molar-refractivity contribution >= 4 is 41.3 Å². The van der Waals surface area contributed by atoms with Gasteiger partial charge in [-0.2, -0.15) is 20.1 Å². The lowest BCUT2D eigenvalue weighted by Gasteiger charge is -2.30. The molecule has 2 fully saturated rings. The molecule has 0 radical (unpaired) electrons. The van der Waals surface area contributed by atoms with Gasteiger partial charge in [0, 0.05) is 43.9 Å². The number of nitro groups is 1. The monoisotopic (exact) mass is 510 g/mol. The summed E-state index contributed by atoms with van der Waals surface area (Å²) < 4.78 is 5.80. The number of rotatable bonds is 7. The molecule has 3 aromatic rings. The third kappa shape index (κ3) is 5.56. The molecule has 11 nitrogen and oxygen atoms in total. The smallest absolute Gasteiger partial charge is 0.270 e. The zero-order chi connectivity index (χ0) is 24.9. The van der Waals surface area contributed by atoms with Gasteiger partial charge in [-0.05, 0) is 56.7 Å². The van der Waals surface area contributed by atoms with E-state index in [9.17, 15) is 10.1 Å². The highest BCUT2D eigenvalue weighted by atomic mass is 35.5. The third-order valence-electron chi connectivity index (χ3n) is 6.30. The Morgan fingerprint density at radius 2 is 1.58 bits per heavy atom. The van der Waals surface area contributed by atoms with Crippen molar-refractivity contribution in [1.82, 2.24) is 15.0 Å². The predicted molar refractivity (Wildman–Crippen MR) is 139 cm³/mol. The fourth-order valence-corrected chi connectivity index (χ4v) is 4.62. The van der Waals surface area contributed by atoms with Crippen LogP contribution in [0.15, 0.2) is 39.9 Å². The molecule has 5 rings (SSSR count). The summed E-state index contributed by atoms with van der Waals surface area (Å²) in [6.45, 7) is 3.73. The Hall–Kier alpha value is -3.73.